The van der Waals surface area contributed by atoms with Gasteiger partial charge in [0, 0.05) is 0 Å². The summed E-state index contributed by atoms with van der Waals surface area (Å²) >= 11 is 0. The van der Waals surface area contributed by atoms with Gasteiger partial charge in [-0.1, -0.05) is 0 Å². The van der Waals surface area contributed by atoms with Gasteiger partial charge in [0.05, 0.1) is 45.6 Å². The molecule has 3 aromatic rings. The Balaban J connectivity index is 2.34. The van der Waals surface area contributed by atoms with E-state index < -0.39 is 0 Å². The number of hydrogen-bond acceptors (Lipinski definition) is 5. The van der Waals surface area contributed by atoms with Crippen LogP contribution in [0.5, 0.6) is 0 Å². The first-order valence-electron chi connectivity index (χ1n) is 9.24. The Morgan fingerprint density at radius 2 is 0.630 bits per heavy atom. The Kier molecular flexibility index (Phi) is 4.81. The zero-order valence-electron chi connectivity index (χ0n) is 17.7. The van der Waals surface area contributed by atoms with Gasteiger partial charge in [-0.2, -0.15) is 0 Å². The third-order valence-electron chi connectivity index (χ3n) is 5.47. The summed E-state index contributed by atoms with van der Waals surface area (Å²) in [5.41, 5.74) is 12.5. The van der Waals surface area contributed by atoms with Crippen LogP contribution in [0.25, 0.3) is 22.8 Å². The summed E-state index contributed by atoms with van der Waals surface area (Å²) in [6.07, 6.45) is 0. The quantitative estimate of drug-likeness (QED) is 0.658. The van der Waals surface area contributed by atoms with Gasteiger partial charge in [0.2, 0.25) is 0 Å². The van der Waals surface area contributed by atoms with E-state index in [4.69, 9.17) is 15.0 Å². The normalized spacial score (nSPS) is 11.1. The first-order chi connectivity index (χ1) is 12.6. The van der Waals surface area contributed by atoms with Gasteiger partial charge in [0.25, 0.3) is 0 Å². The second kappa shape index (κ2) is 6.80. The minimum absolute atomic E-state index is 0.842. The average molecular weight is 361 g/mol. The summed E-state index contributed by atoms with van der Waals surface area (Å²) in [5, 5.41) is 0. The van der Waals surface area contributed by atoms with Gasteiger partial charge in [0.1, 0.15) is 11.4 Å². The van der Waals surface area contributed by atoms with Crippen LogP contribution >= 0.6 is 0 Å². The maximum absolute atomic E-state index is 5.03. The van der Waals surface area contributed by atoms with E-state index in [1.54, 1.807) is 0 Å². The molecule has 0 aromatic carbocycles. The minimum atomic E-state index is 0.842. The van der Waals surface area contributed by atoms with Gasteiger partial charge in [-0.25, -0.2) is 15.0 Å². The van der Waals surface area contributed by atoms with Crippen molar-refractivity contribution in [2.45, 2.75) is 62.3 Å². The van der Waals surface area contributed by atoms with Crippen LogP contribution < -0.4 is 0 Å². The molecule has 3 heterocycles. The molecule has 0 atom stereocenters. The molecule has 0 fully saturated rings. The van der Waals surface area contributed by atoms with Crippen molar-refractivity contribution in [2.24, 2.45) is 0 Å². The first-order valence-corrected chi connectivity index (χ1v) is 9.24. The molecule has 5 nitrogen and oxygen atoms in total. The topological polar surface area (TPSA) is 64.5 Å². The molecule has 0 N–H and O–H groups in total. The second-order valence-corrected chi connectivity index (χ2v) is 7.34. The van der Waals surface area contributed by atoms with E-state index in [1.807, 2.05) is 41.5 Å². The highest BCUT2D eigenvalue weighted by Gasteiger charge is 2.20. The molecule has 0 amide bonds. The zero-order chi connectivity index (χ0) is 20.0. The Morgan fingerprint density at radius 3 is 1.00 bits per heavy atom. The third kappa shape index (κ3) is 3.22. The highest BCUT2D eigenvalue weighted by molar-refractivity contribution is 5.72. The maximum Gasteiger partial charge on any atom is 0.110 e. The molecule has 27 heavy (non-hydrogen) atoms. The smallest absolute Gasteiger partial charge is 0.110 e. The molecule has 0 saturated carbocycles. The average Bonchev–Trinajstić information content (AvgIpc) is 2.60. The predicted octanol–water partition coefficient (Wildman–Crippen LogP) is 4.77. The van der Waals surface area contributed by atoms with Crippen LogP contribution in [-0.2, 0) is 0 Å². The molecule has 0 aliphatic heterocycles. The van der Waals surface area contributed by atoms with E-state index in [1.165, 1.54) is 5.56 Å². The van der Waals surface area contributed by atoms with Crippen molar-refractivity contribution >= 4 is 0 Å². The van der Waals surface area contributed by atoms with E-state index in [0.29, 0.717) is 0 Å². The van der Waals surface area contributed by atoms with Crippen LogP contribution in [0.3, 0.4) is 0 Å². The van der Waals surface area contributed by atoms with Crippen LogP contribution in [0.1, 0.15) is 50.9 Å². The molecule has 3 aromatic heterocycles. The Hall–Kier alpha value is -2.69. The fourth-order valence-corrected chi connectivity index (χ4v) is 3.26. The largest absolute Gasteiger partial charge is 0.254 e. The summed E-state index contributed by atoms with van der Waals surface area (Å²) in [4.78, 5) is 24.0. The third-order valence-corrected chi connectivity index (χ3v) is 5.47. The molecule has 0 unspecified atom stereocenters. The zero-order valence-corrected chi connectivity index (χ0v) is 17.7. The molecule has 0 aliphatic carbocycles. The Labute approximate surface area is 161 Å². The number of rotatable bonds is 2. The molecule has 140 valence electrons. The van der Waals surface area contributed by atoms with Crippen molar-refractivity contribution in [3.05, 3.63) is 50.9 Å². The lowest BCUT2D eigenvalue weighted by Crippen LogP contribution is -2.07. The standard InChI is InChI=1S/C22H27N5/c1-10-11(2)19(21-17(8)23-13(4)15(6)25-21)27-20(12(10)3)22-18(9)24-14(5)16(7)26-22/h1-9H3. The number of aryl methyl sites for hydroxylation is 6. The lowest BCUT2D eigenvalue weighted by molar-refractivity contribution is 0.984. The van der Waals surface area contributed by atoms with Crippen molar-refractivity contribution in [3.8, 4) is 22.8 Å². The van der Waals surface area contributed by atoms with Crippen LogP contribution in [0.4, 0.5) is 0 Å². The summed E-state index contributed by atoms with van der Waals surface area (Å²) in [6.45, 7) is 18.3. The van der Waals surface area contributed by atoms with Crippen molar-refractivity contribution in [2.75, 3.05) is 0 Å². The van der Waals surface area contributed by atoms with Gasteiger partial charge >= 0.3 is 0 Å². The number of hydrogen-bond donors (Lipinski definition) is 0. The van der Waals surface area contributed by atoms with E-state index in [2.05, 4.69) is 30.7 Å². The molecule has 0 saturated heterocycles. The van der Waals surface area contributed by atoms with E-state index >= 15 is 0 Å². The lowest BCUT2D eigenvalue weighted by Gasteiger charge is -2.17. The van der Waals surface area contributed by atoms with Crippen LogP contribution in [0.15, 0.2) is 0 Å². The molecule has 0 radical (unpaired) electrons. The molecule has 5 heteroatoms. The van der Waals surface area contributed by atoms with Crippen molar-refractivity contribution in [1.29, 1.82) is 0 Å². The Bertz CT molecular complexity index is 986. The van der Waals surface area contributed by atoms with Gasteiger partial charge in [-0.15, -0.1) is 0 Å². The molecule has 3 rings (SSSR count). The number of nitrogens with zero attached hydrogens (tertiary/aromatic N) is 5. The monoisotopic (exact) mass is 361 g/mol. The van der Waals surface area contributed by atoms with Gasteiger partial charge in [-0.3, -0.25) is 9.97 Å². The molecular formula is C22H27N5. The van der Waals surface area contributed by atoms with Crippen molar-refractivity contribution < 1.29 is 0 Å². The van der Waals surface area contributed by atoms with Gasteiger partial charge in [0.15, 0.2) is 0 Å². The van der Waals surface area contributed by atoms with Gasteiger partial charge in [-0.05, 0) is 79.0 Å². The summed E-state index contributed by atoms with van der Waals surface area (Å²) in [5.74, 6) is 0. The van der Waals surface area contributed by atoms with Gasteiger partial charge < -0.3 is 0 Å². The van der Waals surface area contributed by atoms with Crippen molar-refractivity contribution in [3.63, 3.8) is 0 Å². The molecule has 0 aliphatic rings. The number of aromatic nitrogens is 5. The second-order valence-electron chi connectivity index (χ2n) is 7.34. The molecular weight excluding hydrogens is 334 g/mol. The maximum atomic E-state index is 5.03. The van der Waals surface area contributed by atoms with E-state index in [9.17, 15) is 0 Å². The molecule has 0 bridgehead atoms. The van der Waals surface area contributed by atoms with Crippen molar-refractivity contribution in [1.82, 2.24) is 24.9 Å². The Morgan fingerprint density at radius 1 is 0.296 bits per heavy atom. The van der Waals surface area contributed by atoms with Crippen LogP contribution in [-0.4, -0.2) is 24.9 Å². The van der Waals surface area contributed by atoms with E-state index in [-0.39, 0.29) is 0 Å². The summed E-state index contributed by atoms with van der Waals surface area (Å²) < 4.78 is 0. The summed E-state index contributed by atoms with van der Waals surface area (Å²) in [7, 11) is 0. The number of pyridine rings is 1. The fraction of sp³-hybridized carbons (Fsp3) is 0.409. The SMILES string of the molecule is Cc1nc(C)c(-c2nc(-c3nc(C)c(C)nc3C)c(C)c(C)c2C)nc1C. The van der Waals surface area contributed by atoms with E-state index in [0.717, 1.165) is 68.1 Å². The highest BCUT2D eigenvalue weighted by Crippen LogP contribution is 2.32. The highest BCUT2D eigenvalue weighted by atomic mass is 14.9. The van der Waals surface area contributed by atoms with Crippen LogP contribution in [0.2, 0.25) is 0 Å². The minimum Gasteiger partial charge on any atom is -0.254 e. The lowest BCUT2D eigenvalue weighted by atomic mass is 9.97. The predicted molar refractivity (Wildman–Crippen MR) is 109 cm³/mol. The molecule has 0 spiro atoms. The summed E-state index contributed by atoms with van der Waals surface area (Å²) in [6, 6.07) is 0. The first kappa shape index (κ1) is 19.1. The van der Waals surface area contributed by atoms with Crippen LogP contribution in [0, 0.1) is 62.3 Å². The fourth-order valence-electron chi connectivity index (χ4n) is 3.26.